The van der Waals surface area contributed by atoms with E-state index in [1.807, 2.05) is 19.1 Å². The minimum atomic E-state index is -0.201. The van der Waals surface area contributed by atoms with Crippen LogP contribution in [0.25, 0.3) is 5.57 Å². The van der Waals surface area contributed by atoms with Gasteiger partial charge in [0.25, 0.3) is 0 Å². The minimum absolute atomic E-state index is 0.0141. The zero-order valence-electron chi connectivity index (χ0n) is 15.8. The number of para-hydroxylation sites is 1. The summed E-state index contributed by atoms with van der Waals surface area (Å²) in [6.07, 6.45) is 5.58. The van der Waals surface area contributed by atoms with Gasteiger partial charge in [-0.2, -0.15) is 5.10 Å². The lowest BCUT2D eigenvalue weighted by molar-refractivity contribution is 0.112. The molecule has 0 amide bonds. The van der Waals surface area contributed by atoms with E-state index in [-0.39, 0.29) is 23.3 Å². The third-order valence-electron chi connectivity index (χ3n) is 4.64. The van der Waals surface area contributed by atoms with E-state index in [0.717, 1.165) is 11.8 Å². The van der Waals surface area contributed by atoms with Crippen LogP contribution in [0.15, 0.2) is 67.0 Å². The maximum atomic E-state index is 10.8. The van der Waals surface area contributed by atoms with Gasteiger partial charge >= 0.3 is 0 Å². The van der Waals surface area contributed by atoms with Crippen molar-refractivity contribution in [3.05, 3.63) is 89.3 Å². The number of phenols is 1. The molecule has 2 aromatic carbocycles. The number of aromatic hydroxyl groups is 1. The summed E-state index contributed by atoms with van der Waals surface area (Å²) in [6, 6.07) is 13.7. The predicted molar refractivity (Wildman–Crippen MR) is 113 cm³/mol. The van der Waals surface area contributed by atoms with Gasteiger partial charge in [-0.25, -0.2) is 0 Å². The number of nitrogens with two attached hydrogens (primary N) is 1. The molecule has 7 nitrogen and oxygen atoms in total. The highest BCUT2D eigenvalue weighted by Gasteiger charge is 2.15. The first kappa shape index (κ1) is 19.8. The summed E-state index contributed by atoms with van der Waals surface area (Å²) < 4.78 is 1.73. The Hall–Kier alpha value is -4.00. The quantitative estimate of drug-likeness (QED) is 0.281. The Labute approximate surface area is 168 Å². The van der Waals surface area contributed by atoms with Crippen molar-refractivity contribution in [2.24, 2.45) is 5.73 Å². The number of allylic oxidation sites excluding steroid dienone is 1. The summed E-state index contributed by atoms with van der Waals surface area (Å²) in [5, 5.41) is 30.5. The fourth-order valence-corrected chi connectivity index (χ4v) is 2.93. The van der Waals surface area contributed by atoms with E-state index in [9.17, 15) is 9.90 Å². The van der Waals surface area contributed by atoms with Gasteiger partial charge in [-0.05, 0) is 30.7 Å². The van der Waals surface area contributed by atoms with Crippen molar-refractivity contribution in [2.75, 3.05) is 0 Å². The van der Waals surface area contributed by atoms with Crippen LogP contribution in [0.3, 0.4) is 0 Å². The SMILES string of the molecule is CC(c1ccc(C=O)cc1)n1cc(/C(=C/C(=N)c2ccccc2O)C(=N)N)cn1. The standard InChI is InChI=1S/C22H21N5O2/c1-14(16-8-6-15(13-28)7-9-16)27-12-17(11-26-27)19(22(24)25)10-20(23)18-4-2-3-5-21(18)29/h2-14,23,29H,1H3,(H3,24,25)/b19-10-,23-20?. The summed E-state index contributed by atoms with van der Waals surface area (Å²) >= 11 is 0. The molecule has 0 aliphatic rings. The number of rotatable bonds is 7. The monoisotopic (exact) mass is 387 g/mol. The highest BCUT2D eigenvalue weighted by molar-refractivity contribution is 6.27. The van der Waals surface area contributed by atoms with Crippen molar-refractivity contribution in [3.63, 3.8) is 0 Å². The fourth-order valence-electron chi connectivity index (χ4n) is 2.93. The van der Waals surface area contributed by atoms with Gasteiger partial charge in [0.05, 0.1) is 18.0 Å². The van der Waals surface area contributed by atoms with Crippen LogP contribution in [0.2, 0.25) is 0 Å². The van der Waals surface area contributed by atoms with E-state index in [1.165, 1.54) is 12.1 Å². The van der Waals surface area contributed by atoms with E-state index in [1.54, 1.807) is 47.4 Å². The average molecular weight is 387 g/mol. The number of carbonyl (C=O) groups is 1. The van der Waals surface area contributed by atoms with Crippen molar-refractivity contribution in [3.8, 4) is 5.75 Å². The lowest BCUT2D eigenvalue weighted by Gasteiger charge is -2.12. The van der Waals surface area contributed by atoms with Gasteiger partial charge in [0.15, 0.2) is 0 Å². The minimum Gasteiger partial charge on any atom is -0.507 e. The van der Waals surface area contributed by atoms with Gasteiger partial charge < -0.3 is 16.2 Å². The van der Waals surface area contributed by atoms with Crippen molar-refractivity contribution in [1.29, 1.82) is 10.8 Å². The largest absolute Gasteiger partial charge is 0.507 e. The molecule has 0 aliphatic heterocycles. The Morgan fingerprint density at radius 2 is 1.86 bits per heavy atom. The molecule has 29 heavy (non-hydrogen) atoms. The van der Waals surface area contributed by atoms with Crippen LogP contribution in [0.5, 0.6) is 5.75 Å². The molecular formula is C22H21N5O2. The topological polar surface area (TPSA) is 129 Å². The molecule has 0 saturated heterocycles. The van der Waals surface area contributed by atoms with Gasteiger partial charge in [-0.15, -0.1) is 0 Å². The van der Waals surface area contributed by atoms with E-state index < -0.39 is 0 Å². The zero-order chi connectivity index (χ0) is 21.0. The second kappa shape index (κ2) is 8.35. The predicted octanol–water partition coefficient (Wildman–Crippen LogP) is 3.40. The Morgan fingerprint density at radius 1 is 1.17 bits per heavy atom. The van der Waals surface area contributed by atoms with Crippen LogP contribution in [0.1, 0.15) is 40.0 Å². The van der Waals surface area contributed by atoms with Gasteiger partial charge in [0.1, 0.15) is 17.9 Å². The van der Waals surface area contributed by atoms with Crippen molar-refractivity contribution in [2.45, 2.75) is 13.0 Å². The molecule has 1 heterocycles. The van der Waals surface area contributed by atoms with E-state index in [4.69, 9.17) is 16.6 Å². The number of phenolic OH excluding ortho intramolecular Hbond substituents is 1. The van der Waals surface area contributed by atoms with Gasteiger partial charge in [0, 0.05) is 28.5 Å². The molecule has 3 aromatic rings. The van der Waals surface area contributed by atoms with Crippen LogP contribution in [0.4, 0.5) is 0 Å². The third-order valence-corrected chi connectivity index (χ3v) is 4.64. The second-order valence-electron chi connectivity index (χ2n) is 6.57. The van der Waals surface area contributed by atoms with Gasteiger partial charge in [-0.3, -0.25) is 14.9 Å². The lowest BCUT2D eigenvalue weighted by atomic mass is 10.0. The van der Waals surface area contributed by atoms with Crippen molar-refractivity contribution >= 4 is 23.4 Å². The molecular weight excluding hydrogens is 366 g/mol. The Bertz CT molecular complexity index is 1100. The van der Waals surface area contributed by atoms with Crippen LogP contribution < -0.4 is 5.73 Å². The smallest absolute Gasteiger partial charge is 0.150 e. The number of nitrogens with zero attached hydrogens (tertiary/aromatic N) is 2. The maximum absolute atomic E-state index is 10.8. The van der Waals surface area contributed by atoms with Crippen LogP contribution in [-0.2, 0) is 0 Å². The molecule has 3 rings (SSSR count). The molecule has 7 heteroatoms. The Balaban J connectivity index is 1.90. The van der Waals surface area contributed by atoms with Crippen LogP contribution in [-0.4, -0.2) is 32.7 Å². The summed E-state index contributed by atoms with van der Waals surface area (Å²) in [7, 11) is 0. The lowest BCUT2D eigenvalue weighted by Crippen LogP contribution is -2.13. The molecule has 0 fully saturated rings. The number of carbonyl (C=O) groups excluding carboxylic acids is 1. The molecule has 1 unspecified atom stereocenters. The van der Waals surface area contributed by atoms with E-state index in [0.29, 0.717) is 22.3 Å². The summed E-state index contributed by atoms with van der Waals surface area (Å²) in [4.78, 5) is 10.8. The first-order valence-electron chi connectivity index (χ1n) is 8.93. The highest BCUT2D eigenvalue weighted by atomic mass is 16.3. The number of aromatic nitrogens is 2. The summed E-state index contributed by atoms with van der Waals surface area (Å²) in [5.74, 6) is -0.215. The number of benzene rings is 2. The Kier molecular flexibility index (Phi) is 5.69. The first-order valence-corrected chi connectivity index (χ1v) is 8.93. The third kappa shape index (κ3) is 4.30. The summed E-state index contributed by atoms with van der Waals surface area (Å²) in [5.41, 5.74) is 8.65. The first-order chi connectivity index (χ1) is 13.9. The summed E-state index contributed by atoms with van der Waals surface area (Å²) in [6.45, 7) is 1.97. The van der Waals surface area contributed by atoms with Gasteiger partial charge in [-0.1, -0.05) is 36.4 Å². The van der Waals surface area contributed by atoms with Gasteiger partial charge in [0.2, 0.25) is 0 Å². The second-order valence-corrected chi connectivity index (χ2v) is 6.57. The fraction of sp³-hybridized carbons (Fsp3) is 0.0909. The molecule has 0 bridgehead atoms. The molecule has 146 valence electrons. The van der Waals surface area contributed by atoms with E-state index >= 15 is 0 Å². The normalized spacial score (nSPS) is 12.4. The van der Waals surface area contributed by atoms with Crippen LogP contribution in [0, 0.1) is 10.8 Å². The number of amidine groups is 1. The number of aldehydes is 1. The molecule has 0 saturated carbocycles. The molecule has 1 atom stereocenters. The number of hydrogen-bond acceptors (Lipinski definition) is 5. The van der Waals surface area contributed by atoms with Crippen LogP contribution >= 0.6 is 0 Å². The Morgan fingerprint density at radius 3 is 2.48 bits per heavy atom. The molecule has 0 aliphatic carbocycles. The molecule has 5 N–H and O–H groups in total. The van der Waals surface area contributed by atoms with E-state index in [2.05, 4.69) is 5.10 Å². The molecule has 0 radical (unpaired) electrons. The molecule has 1 aromatic heterocycles. The highest BCUT2D eigenvalue weighted by Crippen LogP contribution is 2.23. The van der Waals surface area contributed by atoms with Crippen molar-refractivity contribution < 1.29 is 9.90 Å². The van der Waals surface area contributed by atoms with Crippen molar-refractivity contribution in [1.82, 2.24) is 9.78 Å². The number of nitrogens with one attached hydrogen (secondary N) is 2. The maximum Gasteiger partial charge on any atom is 0.150 e. The molecule has 0 spiro atoms. The average Bonchev–Trinajstić information content (AvgIpc) is 3.21. The number of hydrogen-bond donors (Lipinski definition) is 4. The zero-order valence-corrected chi connectivity index (χ0v) is 15.8.